The summed E-state index contributed by atoms with van der Waals surface area (Å²) in [4.78, 5) is 16.2. The summed E-state index contributed by atoms with van der Waals surface area (Å²) in [5.41, 5.74) is 3.10. The molecule has 4 aromatic rings. The Morgan fingerprint density at radius 1 is 1.16 bits per heavy atom. The molecule has 0 spiro atoms. The Kier molecular flexibility index (Phi) is 8.46. The summed E-state index contributed by atoms with van der Waals surface area (Å²) in [5, 5.41) is 20.7. The number of rotatable bonds is 12. The van der Waals surface area contributed by atoms with Crippen molar-refractivity contribution in [2.24, 2.45) is 0 Å². The van der Waals surface area contributed by atoms with Gasteiger partial charge in [-0.25, -0.2) is 0 Å². The third-order valence-corrected chi connectivity index (χ3v) is 5.53. The summed E-state index contributed by atoms with van der Waals surface area (Å²) in [6, 6.07) is 7.80. The number of hydrogen-bond acceptors (Lipinski definition) is 8. The molecule has 0 atom stereocenters. The van der Waals surface area contributed by atoms with Crippen molar-refractivity contribution in [3.63, 3.8) is 0 Å². The lowest BCUT2D eigenvalue weighted by atomic mass is 10.1. The zero-order chi connectivity index (χ0) is 26.3. The van der Waals surface area contributed by atoms with Crippen molar-refractivity contribution >= 4 is 34.1 Å². The Labute approximate surface area is 213 Å². The Morgan fingerprint density at radius 2 is 2.03 bits per heavy atom. The van der Waals surface area contributed by atoms with E-state index in [1.807, 2.05) is 12.1 Å². The second kappa shape index (κ2) is 11.9. The van der Waals surface area contributed by atoms with E-state index in [0.29, 0.717) is 44.1 Å². The monoisotopic (exact) mass is 537 g/mol. The maximum absolute atomic E-state index is 12.3. The van der Waals surface area contributed by atoms with E-state index in [2.05, 4.69) is 41.0 Å². The van der Waals surface area contributed by atoms with Crippen LogP contribution in [-0.2, 0) is 11.3 Å². The molecule has 0 saturated heterocycles. The number of benzene rings is 2. The number of aromatic amines is 1. The minimum absolute atomic E-state index is 0.116. The van der Waals surface area contributed by atoms with Crippen LogP contribution in [0.2, 0.25) is 5.02 Å². The van der Waals surface area contributed by atoms with Crippen LogP contribution in [0.5, 0.6) is 5.75 Å². The molecule has 10 nitrogen and oxygen atoms in total. The first kappa shape index (κ1) is 26.2. The van der Waals surface area contributed by atoms with Gasteiger partial charge in [0.15, 0.2) is 6.33 Å². The van der Waals surface area contributed by atoms with Gasteiger partial charge in [0.05, 0.1) is 16.7 Å². The number of amides is 1. The molecule has 0 aliphatic rings. The molecule has 0 fully saturated rings. The smallest absolute Gasteiger partial charge is 0.404 e. The quantitative estimate of drug-likeness (QED) is 0.197. The van der Waals surface area contributed by atoms with Crippen LogP contribution in [0, 0.1) is 0 Å². The number of nitrogens with one attached hydrogen (secondary N) is 4. The van der Waals surface area contributed by atoms with E-state index in [9.17, 15) is 18.0 Å². The third-order valence-electron chi connectivity index (χ3n) is 5.24. The summed E-state index contributed by atoms with van der Waals surface area (Å²) < 4.78 is 45.9. The topological polar surface area (TPSA) is 130 Å². The maximum Gasteiger partial charge on any atom is 0.573 e. The summed E-state index contributed by atoms with van der Waals surface area (Å²) in [7, 11) is 0. The number of alkyl halides is 3. The fourth-order valence-corrected chi connectivity index (χ4v) is 3.79. The van der Waals surface area contributed by atoms with Crippen molar-refractivity contribution in [3.8, 4) is 17.2 Å². The predicted octanol–water partition coefficient (Wildman–Crippen LogP) is 4.26. The van der Waals surface area contributed by atoms with Gasteiger partial charge in [-0.2, -0.15) is 10.1 Å². The average Bonchev–Trinajstić information content (AvgIpc) is 3.54. The van der Waals surface area contributed by atoms with Crippen molar-refractivity contribution in [2.45, 2.75) is 25.7 Å². The van der Waals surface area contributed by atoms with Crippen LogP contribution in [0.3, 0.4) is 0 Å². The van der Waals surface area contributed by atoms with E-state index in [1.54, 1.807) is 6.20 Å². The lowest BCUT2D eigenvalue weighted by Crippen LogP contribution is -2.29. The molecule has 0 radical (unpaired) electrons. The molecular weight excluding hydrogens is 515 g/mol. The molecule has 0 bridgehead atoms. The molecule has 196 valence electrons. The average molecular weight is 538 g/mol. The number of halogens is 4. The van der Waals surface area contributed by atoms with Crippen LogP contribution in [0.25, 0.3) is 22.4 Å². The fourth-order valence-electron chi connectivity index (χ4n) is 3.55. The largest absolute Gasteiger partial charge is 0.573 e. The number of H-pyrrole nitrogens is 1. The number of anilines is 1. The van der Waals surface area contributed by atoms with Gasteiger partial charge in [-0.3, -0.25) is 9.89 Å². The Hall–Kier alpha value is -3.84. The zero-order valence-electron chi connectivity index (χ0n) is 19.4. The van der Waals surface area contributed by atoms with Gasteiger partial charge in [0.2, 0.25) is 5.91 Å². The molecule has 2 aromatic heterocycles. The first-order chi connectivity index (χ1) is 17.8. The van der Waals surface area contributed by atoms with Gasteiger partial charge in [0, 0.05) is 49.2 Å². The molecule has 1 amide bonds. The lowest BCUT2D eigenvalue weighted by Gasteiger charge is -2.12. The highest BCUT2D eigenvalue weighted by atomic mass is 35.5. The first-order valence-electron chi connectivity index (χ1n) is 11.3. The molecule has 14 heteroatoms. The number of aromatic nitrogens is 4. The minimum Gasteiger partial charge on any atom is -0.404 e. The number of nitrogens with zero attached hydrogens (tertiary/aromatic N) is 3. The first-order valence-corrected chi connectivity index (χ1v) is 11.7. The summed E-state index contributed by atoms with van der Waals surface area (Å²) in [6.45, 7) is 1.83. The molecule has 0 unspecified atom stereocenters. The fraction of sp³-hybridized carbons (Fsp3) is 0.304. The highest BCUT2D eigenvalue weighted by Crippen LogP contribution is 2.31. The van der Waals surface area contributed by atoms with Crippen molar-refractivity contribution in [2.75, 3.05) is 25.0 Å². The van der Waals surface area contributed by atoms with Crippen LogP contribution in [0.1, 0.15) is 18.4 Å². The molecule has 2 aromatic carbocycles. The summed E-state index contributed by atoms with van der Waals surface area (Å²) in [5.74, 6) is -0.174. The van der Waals surface area contributed by atoms with Crippen LogP contribution in [-0.4, -0.2) is 52.2 Å². The number of carbonyl (C=O) groups excluding carboxylic acids is 1. The van der Waals surface area contributed by atoms with Crippen LogP contribution < -0.4 is 20.7 Å². The van der Waals surface area contributed by atoms with Crippen molar-refractivity contribution in [3.05, 3.63) is 53.4 Å². The Bertz CT molecular complexity index is 1330. The van der Waals surface area contributed by atoms with Gasteiger partial charge < -0.3 is 25.2 Å². The number of fused-ring (bicyclic) bond motifs is 1. The normalized spacial score (nSPS) is 11.6. The van der Waals surface area contributed by atoms with Gasteiger partial charge in [-0.1, -0.05) is 22.8 Å². The molecule has 4 rings (SSSR count). The number of carbonyl (C=O) groups is 1. The Morgan fingerprint density at radius 3 is 2.78 bits per heavy atom. The molecule has 0 saturated carbocycles. The van der Waals surface area contributed by atoms with E-state index in [1.165, 1.54) is 18.5 Å². The van der Waals surface area contributed by atoms with E-state index in [-0.39, 0.29) is 17.4 Å². The molecular formula is C23H23ClF3N7O3. The van der Waals surface area contributed by atoms with Gasteiger partial charge in [0.1, 0.15) is 5.75 Å². The highest BCUT2D eigenvalue weighted by Gasteiger charge is 2.32. The molecule has 0 aliphatic carbocycles. The van der Waals surface area contributed by atoms with Crippen molar-refractivity contribution in [1.82, 2.24) is 31.0 Å². The molecule has 2 heterocycles. The summed E-state index contributed by atoms with van der Waals surface area (Å²) >= 11 is 5.84. The minimum atomic E-state index is -4.81. The van der Waals surface area contributed by atoms with Gasteiger partial charge in [-0.15, -0.1) is 13.2 Å². The van der Waals surface area contributed by atoms with Crippen LogP contribution >= 0.6 is 11.6 Å². The Balaban J connectivity index is 1.14. The number of hydrogen-bond donors (Lipinski definition) is 4. The van der Waals surface area contributed by atoms with Gasteiger partial charge in [0.25, 0.3) is 5.89 Å². The second-order valence-corrected chi connectivity index (χ2v) is 8.38. The molecule has 0 aliphatic heterocycles. The van der Waals surface area contributed by atoms with Crippen LogP contribution in [0.15, 0.2) is 47.4 Å². The van der Waals surface area contributed by atoms with E-state index >= 15 is 0 Å². The van der Waals surface area contributed by atoms with Crippen molar-refractivity contribution in [1.29, 1.82) is 0 Å². The maximum atomic E-state index is 12.3. The van der Waals surface area contributed by atoms with E-state index in [4.69, 9.17) is 16.1 Å². The second-order valence-electron chi connectivity index (χ2n) is 7.97. The van der Waals surface area contributed by atoms with Gasteiger partial charge >= 0.3 is 6.36 Å². The standard InChI is InChI=1S/C23H23ClF3N7O3/c24-17-8-14(2-3-20(17)36-23(25,26)27)11-28-7-4-21(35)30-6-1-5-29-18-9-15(22-31-13-33-37-22)10-19-16(18)12-32-34-19/h2-3,8-10,12-13,28-29H,1,4-7,11H2,(H,30,35)(H,32,34). The van der Waals surface area contributed by atoms with Gasteiger partial charge in [-0.05, 0) is 36.2 Å². The predicted molar refractivity (Wildman–Crippen MR) is 130 cm³/mol. The van der Waals surface area contributed by atoms with E-state index in [0.717, 1.165) is 28.2 Å². The molecule has 4 N–H and O–H groups in total. The highest BCUT2D eigenvalue weighted by molar-refractivity contribution is 6.32. The van der Waals surface area contributed by atoms with E-state index < -0.39 is 12.1 Å². The SMILES string of the molecule is O=C(CCNCc1ccc(OC(F)(F)F)c(Cl)c1)NCCCNc1cc(-c2ncno2)cc2[nH]ncc12. The van der Waals surface area contributed by atoms with Crippen molar-refractivity contribution < 1.29 is 27.2 Å². The third kappa shape index (κ3) is 7.57. The number of ether oxygens (including phenoxy) is 1. The zero-order valence-corrected chi connectivity index (χ0v) is 20.1. The van der Waals surface area contributed by atoms with Crippen LogP contribution in [0.4, 0.5) is 18.9 Å². The summed E-state index contributed by atoms with van der Waals surface area (Å²) in [6.07, 6.45) is -0.808. The molecule has 37 heavy (non-hydrogen) atoms. The lowest BCUT2D eigenvalue weighted by molar-refractivity contribution is -0.274.